The van der Waals surface area contributed by atoms with Crippen LogP contribution in [0.1, 0.15) is 130 Å². The fraction of sp³-hybridized carbons (Fsp3) is 0.757. The maximum Gasteiger partial charge on any atom is 0.343 e. The summed E-state index contributed by atoms with van der Waals surface area (Å²) >= 11 is 0. The molecule has 1 aromatic rings. The standard InChI is InChI=1S/C37H54O2/c1-25-27(39-31(38)26-12-10-9-11-13-26)14-15-28-34(25,5)17-16-29-35(28,6)21-23-37(8)30-24-32(2,3)18-19-33(30,4)20-22-36(29,37)7/h9-14,25,28-30H,15-24H2,1-8H3/t25-,28+,29-,30+,33+,34+,35-,36+,37-/m0/s1. The Kier molecular flexibility index (Phi) is 6.17. The first kappa shape index (κ1) is 27.6. The van der Waals surface area contributed by atoms with E-state index in [1.165, 1.54) is 57.8 Å². The summed E-state index contributed by atoms with van der Waals surface area (Å²) < 4.78 is 6.11. The van der Waals surface area contributed by atoms with Crippen LogP contribution in [-0.2, 0) is 4.74 Å². The molecule has 0 aromatic heterocycles. The Balaban J connectivity index is 1.30. The van der Waals surface area contributed by atoms with Crippen molar-refractivity contribution in [1.82, 2.24) is 0 Å². The normalized spacial score (nSPS) is 48.5. The molecular formula is C37H54O2. The van der Waals surface area contributed by atoms with Gasteiger partial charge in [-0.05, 0) is 133 Å². The number of fused-ring (bicyclic) bond motifs is 7. The van der Waals surface area contributed by atoms with Crippen LogP contribution in [0, 0.1) is 56.2 Å². The topological polar surface area (TPSA) is 26.3 Å². The van der Waals surface area contributed by atoms with Crippen molar-refractivity contribution in [3.05, 3.63) is 47.7 Å². The van der Waals surface area contributed by atoms with Gasteiger partial charge in [0.1, 0.15) is 5.76 Å². The zero-order valence-corrected chi connectivity index (χ0v) is 26.2. The molecule has 1 aromatic carbocycles. The highest BCUT2D eigenvalue weighted by Gasteiger charge is 2.70. The summed E-state index contributed by atoms with van der Waals surface area (Å²) in [5.41, 5.74) is 3.01. The summed E-state index contributed by atoms with van der Waals surface area (Å²) in [7, 11) is 0. The zero-order chi connectivity index (χ0) is 28.1. The monoisotopic (exact) mass is 530 g/mol. The second-order valence-electron chi connectivity index (χ2n) is 16.9. The van der Waals surface area contributed by atoms with Crippen LogP contribution in [0.4, 0.5) is 0 Å². The summed E-state index contributed by atoms with van der Waals surface area (Å²) in [6.45, 7) is 20.8. The number of hydrogen-bond donors (Lipinski definition) is 0. The van der Waals surface area contributed by atoms with Crippen LogP contribution in [0.5, 0.6) is 0 Å². The molecule has 2 heteroatoms. The third kappa shape index (κ3) is 3.81. The van der Waals surface area contributed by atoms with Crippen molar-refractivity contribution in [1.29, 1.82) is 0 Å². The Hall–Kier alpha value is -1.57. The van der Waals surface area contributed by atoms with E-state index in [9.17, 15) is 4.79 Å². The lowest BCUT2D eigenvalue weighted by Gasteiger charge is -2.74. The molecule has 39 heavy (non-hydrogen) atoms. The van der Waals surface area contributed by atoms with Gasteiger partial charge in [-0.1, -0.05) is 73.6 Å². The number of allylic oxidation sites excluding steroid dienone is 2. The van der Waals surface area contributed by atoms with Gasteiger partial charge in [-0.25, -0.2) is 4.79 Å². The number of hydrogen-bond acceptors (Lipinski definition) is 2. The molecule has 2 nitrogen and oxygen atoms in total. The average Bonchev–Trinajstić information content (AvgIpc) is 2.89. The second kappa shape index (κ2) is 8.72. The lowest BCUT2D eigenvalue weighted by Crippen LogP contribution is -2.67. The summed E-state index contributed by atoms with van der Waals surface area (Å²) in [5, 5.41) is 0. The summed E-state index contributed by atoms with van der Waals surface area (Å²) in [6, 6.07) is 9.48. The van der Waals surface area contributed by atoms with Crippen molar-refractivity contribution in [2.24, 2.45) is 56.2 Å². The molecule has 0 spiro atoms. The molecular weight excluding hydrogens is 476 g/mol. The van der Waals surface area contributed by atoms with Crippen molar-refractivity contribution in [3.63, 3.8) is 0 Å². The van der Waals surface area contributed by atoms with E-state index in [0.29, 0.717) is 38.6 Å². The van der Waals surface area contributed by atoms with E-state index in [1.54, 1.807) is 0 Å². The summed E-state index contributed by atoms with van der Waals surface area (Å²) in [5.74, 6) is 3.24. The van der Waals surface area contributed by atoms with Crippen LogP contribution >= 0.6 is 0 Å². The van der Waals surface area contributed by atoms with E-state index in [0.717, 1.165) is 24.0 Å². The fourth-order valence-electron chi connectivity index (χ4n) is 11.8. The van der Waals surface area contributed by atoms with E-state index in [1.807, 2.05) is 30.3 Å². The Bertz CT molecular complexity index is 1170. The molecule has 0 radical (unpaired) electrons. The van der Waals surface area contributed by atoms with Crippen LogP contribution in [0.25, 0.3) is 0 Å². The van der Waals surface area contributed by atoms with Gasteiger partial charge in [0, 0.05) is 5.92 Å². The Labute approximate surface area is 238 Å². The Morgan fingerprint density at radius 1 is 0.744 bits per heavy atom. The second-order valence-corrected chi connectivity index (χ2v) is 16.9. The van der Waals surface area contributed by atoms with Gasteiger partial charge in [0.15, 0.2) is 0 Å². The number of carbonyl (C=O) groups excluding carboxylic acids is 1. The fourth-order valence-corrected chi connectivity index (χ4v) is 11.8. The maximum absolute atomic E-state index is 13.0. The molecule has 4 saturated carbocycles. The summed E-state index contributed by atoms with van der Waals surface area (Å²) in [4.78, 5) is 13.0. The van der Waals surface area contributed by atoms with E-state index in [4.69, 9.17) is 4.74 Å². The van der Waals surface area contributed by atoms with Gasteiger partial charge in [0.2, 0.25) is 0 Å². The highest BCUT2D eigenvalue weighted by atomic mass is 16.5. The minimum absolute atomic E-state index is 0.173. The van der Waals surface area contributed by atoms with Gasteiger partial charge in [0.25, 0.3) is 0 Å². The van der Waals surface area contributed by atoms with E-state index in [2.05, 4.69) is 61.5 Å². The molecule has 0 bridgehead atoms. The number of carbonyl (C=O) groups is 1. The molecule has 0 N–H and O–H groups in total. The largest absolute Gasteiger partial charge is 0.428 e. The van der Waals surface area contributed by atoms with Crippen LogP contribution in [0.2, 0.25) is 0 Å². The highest BCUT2D eigenvalue weighted by Crippen LogP contribution is 2.78. The molecule has 9 atom stereocenters. The molecule has 0 saturated heterocycles. The van der Waals surface area contributed by atoms with E-state index in [-0.39, 0.29) is 17.3 Å². The first-order valence-corrected chi connectivity index (χ1v) is 16.2. The SMILES string of the molecule is C[C@H]1C(OC(=O)c2ccccc2)=CC[C@@H]2[C@]1(C)CC[C@H]1[C@@]2(C)CC[C@@]2(C)[C@@H]3CC(C)(C)CC[C@]3(C)CC[C@]12C. The van der Waals surface area contributed by atoms with Gasteiger partial charge >= 0.3 is 5.97 Å². The zero-order valence-electron chi connectivity index (χ0n) is 26.2. The molecule has 214 valence electrons. The number of esters is 1. The molecule has 0 heterocycles. The third-order valence-electron chi connectivity index (χ3n) is 14.8. The van der Waals surface area contributed by atoms with Gasteiger partial charge in [0.05, 0.1) is 5.56 Å². The first-order valence-electron chi connectivity index (χ1n) is 16.2. The Morgan fingerprint density at radius 3 is 2.10 bits per heavy atom. The summed E-state index contributed by atoms with van der Waals surface area (Å²) in [6.07, 6.45) is 15.7. The van der Waals surface area contributed by atoms with E-state index < -0.39 is 0 Å². The van der Waals surface area contributed by atoms with Crippen LogP contribution in [0.3, 0.4) is 0 Å². The van der Waals surface area contributed by atoms with Crippen molar-refractivity contribution in [2.45, 2.75) is 120 Å². The number of benzene rings is 1. The quantitative estimate of drug-likeness (QED) is 0.356. The van der Waals surface area contributed by atoms with Gasteiger partial charge in [-0.2, -0.15) is 0 Å². The van der Waals surface area contributed by atoms with Crippen molar-refractivity contribution in [3.8, 4) is 0 Å². The Morgan fingerprint density at radius 2 is 1.38 bits per heavy atom. The molecule has 5 aliphatic carbocycles. The minimum atomic E-state index is -0.211. The maximum atomic E-state index is 13.0. The first-order chi connectivity index (χ1) is 18.2. The highest BCUT2D eigenvalue weighted by molar-refractivity contribution is 5.90. The lowest BCUT2D eigenvalue weighted by atomic mass is 9.30. The predicted octanol–water partition coefficient (Wildman–Crippen LogP) is 10.2. The molecule has 0 amide bonds. The van der Waals surface area contributed by atoms with Crippen LogP contribution < -0.4 is 0 Å². The van der Waals surface area contributed by atoms with Gasteiger partial charge < -0.3 is 4.74 Å². The number of rotatable bonds is 2. The average molecular weight is 531 g/mol. The number of ether oxygens (including phenoxy) is 1. The smallest absolute Gasteiger partial charge is 0.343 e. The van der Waals surface area contributed by atoms with E-state index >= 15 is 0 Å². The minimum Gasteiger partial charge on any atom is -0.428 e. The molecule has 5 aliphatic rings. The van der Waals surface area contributed by atoms with Crippen molar-refractivity contribution < 1.29 is 9.53 Å². The third-order valence-corrected chi connectivity index (χ3v) is 14.8. The predicted molar refractivity (Wildman–Crippen MR) is 160 cm³/mol. The molecule has 0 aliphatic heterocycles. The lowest BCUT2D eigenvalue weighted by molar-refractivity contribution is -0.254. The molecule has 4 fully saturated rings. The van der Waals surface area contributed by atoms with Crippen LogP contribution in [0.15, 0.2) is 42.2 Å². The molecule has 6 rings (SSSR count). The van der Waals surface area contributed by atoms with Crippen molar-refractivity contribution >= 4 is 5.97 Å². The van der Waals surface area contributed by atoms with Gasteiger partial charge in [-0.15, -0.1) is 0 Å². The molecule has 0 unspecified atom stereocenters. The van der Waals surface area contributed by atoms with Gasteiger partial charge in [-0.3, -0.25) is 0 Å². The van der Waals surface area contributed by atoms with Crippen molar-refractivity contribution in [2.75, 3.05) is 0 Å². The van der Waals surface area contributed by atoms with Crippen LogP contribution in [-0.4, -0.2) is 5.97 Å².